The van der Waals surface area contributed by atoms with E-state index in [4.69, 9.17) is 14.8 Å². The fraction of sp³-hybridized carbons (Fsp3) is 0.0909. The minimum absolute atomic E-state index is 0.194. The lowest BCUT2D eigenvalue weighted by molar-refractivity contribution is 0.132. The highest BCUT2D eigenvalue weighted by molar-refractivity contribution is 9.10. The Morgan fingerprint density at radius 3 is 2.61 bits per heavy atom. The number of nitriles is 1. The van der Waals surface area contributed by atoms with Crippen molar-refractivity contribution < 1.29 is 14.0 Å². The van der Waals surface area contributed by atoms with Gasteiger partial charge in [0.15, 0.2) is 0 Å². The van der Waals surface area contributed by atoms with Crippen molar-refractivity contribution in [2.24, 2.45) is 5.16 Å². The first-order valence-electron chi connectivity index (χ1n) is 8.46. The molecule has 0 aromatic heterocycles. The summed E-state index contributed by atoms with van der Waals surface area (Å²) in [5, 5.41) is 13.1. The van der Waals surface area contributed by atoms with Gasteiger partial charge in [0.25, 0.3) is 0 Å². The van der Waals surface area contributed by atoms with E-state index in [2.05, 4.69) is 27.2 Å². The summed E-state index contributed by atoms with van der Waals surface area (Å²) in [6.07, 6.45) is 1.56. The normalized spacial score (nSPS) is 10.6. The van der Waals surface area contributed by atoms with Gasteiger partial charge in [-0.25, -0.2) is 4.39 Å². The Balaban J connectivity index is 1.65. The number of oxime groups is 1. The maximum Gasteiger partial charge on any atom is 0.143 e. The standard InChI is InChI=1S/C22H16BrFN2O2/c23-20-7-10-22(27-14-16-5-8-21(24)9-6-16)19(11-20)13-26-28-15-18-4-2-1-3-17(18)12-25/h1-11,13H,14-15H2/b26-13-. The van der Waals surface area contributed by atoms with Crippen molar-refractivity contribution in [1.82, 2.24) is 0 Å². The van der Waals surface area contributed by atoms with Crippen molar-refractivity contribution in [2.75, 3.05) is 0 Å². The monoisotopic (exact) mass is 438 g/mol. The second-order valence-corrected chi connectivity index (χ2v) is 6.79. The molecule has 0 saturated heterocycles. The molecule has 0 bridgehead atoms. The molecule has 3 aromatic carbocycles. The summed E-state index contributed by atoms with van der Waals surface area (Å²) < 4.78 is 19.7. The molecule has 0 unspecified atom stereocenters. The molecule has 0 radical (unpaired) electrons. The predicted octanol–water partition coefficient (Wildman–Crippen LogP) is 5.59. The van der Waals surface area contributed by atoms with E-state index in [1.807, 2.05) is 30.3 Å². The molecular weight excluding hydrogens is 423 g/mol. The lowest BCUT2D eigenvalue weighted by Gasteiger charge is -2.10. The summed E-state index contributed by atoms with van der Waals surface area (Å²) in [6, 6.07) is 21.0. The Kier molecular flexibility index (Phi) is 6.77. The van der Waals surface area contributed by atoms with Gasteiger partial charge in [-0.15, -0.1) is 0 Å². The average Bonchev–Trinajstić information content (AvgIpc) is 2.72. The van der Waals surface area contributed by atoms with E-state index in [0.29, 0.717) is 17.9 Å². The Hall–Kier alpha value is -3.17. The lowest BCUT2D eigenvalue weighted by Crippen LogP contribution is -1.99. The molecular formula is C22H16BrFN2O2. The molecule has 0 atom stereocenters. The molecule has 0 amide bonds. The van der Waals surface area contributed by atoms with E-state index in [0.717, 1.165) is 21.2 Å². The van der Waals surface area contributed by atoms with E-state index >= 15 is 0 Å². The highest BCUT2D eigenvalue weighted by Crippen LogP contribution is 2.23. The van der Waals surface area contributed by atoms with Crippen LogP contribution in [0.4, 0.5) is 4.39 Å². The number of halogens is 2. The van der Waals surface area contributed by atoms with Crippen molar-refractivity contribution in [2.45, 2.75) is 13.2 Å². The van der Waals surface area contributed by atoms with Crippen LogP contribution in [0.1, 0.15) is 22.3 Å². The minimum Gasteiger partial charge on any atom is -0.488 e. The summed E-state index contributed by atoms with van der Waals surface area (Å²) >= 11 is 3.43. The van der Waals surface area contributed by atoms with Gasteiger partial charge < -0.3 is 9.57 Å². The highest BCUT2D eigenvalue weighted by Gasteiger charge is 2.05. The molecule has 0 heterocycles. The number of rotatable bonds is 7. The number of benzene rings is 3. The van der Waals surface area contributed by atoms with Crippen LogP contribution >= 0.6 is 15.9 Å². The van der Waals surface area contributed by atoms with Crippen molar-refractivity contribution in [3.05, 3.63) is 99.3 Å². The van der Waals surface area contributed by atoms with Crippen LogP contribution in [0.2, 0.25) is 0 Å². The lowest BCUT2D eigenvalue weighted by atomic mass is 10.1. The van der Waals surface area contributed by atoms with Crippen LogP contribution in [0, 0.1) is 17.1 Å². The van der Waals surface area contributed by atoms with E-state index in [9.17, 15) is 4.39 Å². The predicted molar refractivity (Wildman–Crippen MR) is 108 cm³/mol. The Bertz CT molecular complexity index is 1010. The molecule has 0 aliphatic carbocycles. The van der Waals surface area contributed by atoms with Gasteiger partial charge in [0.05, 0.1) is 17.8 Å². The Morgan fingerprint density at radius 1 is 1.04 bits per heavy atom. The average molecular weight is 439 g/mol. The number of hydrogen-bond donors (Lipinski definition) is 0. The van der Waals surface area contributed by atoms with Crippen LogP contribution in [0.5, 0.6) is 5.75 Å². The molecule has 0 saturated carbocycles. The summed E-state index contributed by atoms with van der Waals surface area (Å²) in [5.74, 6) is 0.340. The summed E-state index contributed by atoms with van der Waals surface area (Å²) in [4.78, 5) is 5.34. The topological polar surface area (TPSA) is 54.6 Å². The molecule has 3 aromatic rings. The van der Waals surface area contributed by atoms with Gasteiger partial charge >= 0.3 is 0 Å². The SMILES string of the molecule is N#Cc1ccccc1CO/N=C\c1cc(Br)ccc1OCc1ccc(F)cc1. The van der Waals surface area contributed by atoms with Crippen LogP contribution in [-0.4, -0.2) is 6.21 Å². The first kappa shape index (κ1) is 19.6. The minimum atomic E-state index is -0.282. The second kappa shape index (κ2) is 9.67. The molecule has 0 spiro atoms. The molecule has 6 heteroatoms. The Labute approximate surface area is 171 Å². The van der Waals surface area contributed by atoms with Crippen molar-refractivity contribution in [3.63, 3.8) is 0 Å². The highest BCUT2D eigenvalue weighted by atomic mass is 79.9. The van der Waals surface area contributed by atoms with E-state index in [1.165, 1.54) is 12.1 Å². The third kappa shape index (κ3) is 5.41. The number of hydrogen-bond acceptors (Lipinski definition) is 4. The molecule has 3 rings (SSSR count). The van der Waals surface area contributed by atoms with Crippen LogP contribution in [0.25, 0.3) is 0 Å². The first-order valence-corrected chi connectivity index (χ1v) is 9.25. The van der Waals surface area contributed by atoms with Gasteiger partial charge in [-0.05, 0) is 42.0 Å². The molecule has 0 aliphatic heterocycles. The maximum atomic E-state index is 13.0. The fourth-order valence-corrected chi connectivity index (χ4v) is 2.83. The summed E-state index contributed by atoms with van der Waals surface area (Å²) in [5.41, 5.74) is 2.91. The van der Waals surface area contributed by atoms with Crippen LogP contribution < -0.4 is 4.74 Å². The van der Waals surface area contributed by atoms with Crippen LogP contribution in [0.3, 0.4) is 0 Å². The first-order chi connectivity index (χ1) is 13.7. The van der Waals surface area contributed by atoms with Crippen molar-refractivity contribution >= 4 is 22.1 Å². The molecule has 140 valence electrons. The molecule has 0 aliphatic rings. The van der Waals surface area contributed by atoms with E-state index in [1.54, 1.807) is 30.5 Å². The molecule has 0 fully saturated rings. The van der Waals surface area contributed by atoms with Crippen molar-refractivity contribution in [3.8, 4) is 11.8 Å². The summed E-state index contributed by atoms with van der Waals surface area (Å²) in [7, 11) is 0. The maximum absolute atomic E-state index is 13.0. The zero-order chi connectivity index (χ0) is 19.8. The third-order valence-electron chi connectivity index (χ3n) is 3.90. The fourth-order valence-electron chi connectivity index (χ4n) is 2.45. The largest absolute Gasteiger partial charge is 0.488 e. The summed E-state index contributed by atoms with van der Waals surface area (Å²) in [6.45, 7) is 0.499. The van der Waals surface area contributed by atoms with Crippen LogP contribution in [-0.2, 0) is 18.1 Å². The van der Waals surface area contributed by atoms with Gasteiger partial charge in [0, 0.05) is 15.6 Å². The molecule has 28 heavy (non-hydrogen) atoms. The van der Waals surface area contributed by atoms with Gasteiger partial charge in [-0.2, -0.15) is 5.26 Å². The van der Waals surface area contributed by atoms with Crippen molar-refractivity contribution in [1.29, 1.82) is 5.26 Å². The number of ether oxygens (including phenoxy) is 1. The van der Waals surface area contributed by atoms with Gasteiger partial charge in [0.1, 0.15) is 24.8 Å². The van der Waals surface area contributed by atoms with E-state index < -0.39 is 0 Å². The quantitative estimate of drug-likeness (QED) is 0.356. The molecule has 4 nitrogen and oxygen atoms in total. The molecule has 0 N–H and O–H groups in total. The zero-order valence-corrected chi connectivity index (χ0v) is 16.4. The van der Waals surface area contributed by atoms with Gasteiger partial charge in [-0.3, -0.25) is 0 Å². The van der Waals surface area contributed by atoms with E-state index in [-0.39, 0.29) is 12.4 Å². The Morgan fingerprint density at radius 2 is 1.82 bits per heavy atom. The smallest absolute Gasteiger partial charge is 0.143 e. The van der Waals surface area contributed by atoms with Gasteiger partial charge in [0.2, 0.25) is 0 Å². The zero-order valence-electron chi connectivity index (χ0n) is 14.8. The second-order valence-electron chi connectivity index (χ2n) is 5.87. The van der Waals surface area contributed by atoms with Crippen LogP contribution in [0.15, 0.2) is 76.4 Å². The van der Waals surface area contributed by atoms with Gasteiger partial charge in [-0.1, -0.05) is 51.4 Å². The third-order valence-corrected chi connectivity index (χ3v) is 4.40. The number of nitrogens with zero attached hydrogens (tertiary/aromatic N) is 2.